The Balaban J connectivity index is 1.66. The van der Waals surface area contributed by atoms with E-state index in [0.717, 1.165) is 44.1 Å². The lowest BCUT2D eigenvalue weighted by atomic mass is 10.1. The molecular formula is C20H26N2O2. The summed E-state index contributed by atoms with van der Waals surface area (Å²) in [4.78, 5) is 4.86. The van der Waals surface area contributed by atoms with Gasteiger partial charge in [0, 0.05) is 43.6 Å². The summed E-state index contributed by atoms with van der Waals surface area (Å²) in [6, 6.07) is 15.1. The Kier molecular flexibility index (Phi) is 5.14. The van der Waals surface area contributed by atoms with Crippen molar-refractivity contribution >= 4 is 11.4 Å². The summed E-state index contributed by atoms with van der Waals surface area (Å²) in [6.45, 7) is 6.26. The zero-order valence-electron chi connectivity index (χ0n) is 14.8. The molecule has 4 heteroatoms. The molecule has 3 rings (SSSR count). The summed E-state index contributed by atoms with van der Waals surface area (Å²) < 4.78 is 10.7. The predicted molar refractivity (Wildman–Crippen MR) is 99.8 cm³/mol. The van der Waals surface area contributed by atoms with Crippen LogP contribution in [0.15, 0.2) is 42.5 Å². The van der Waals surface area contributed by atoms with E-state index >= 15 is 0 Å². The fourth-order valence-electron chi connectivity index (χ4n) is 3.19. The molecule has 1 heterocycles. The molecule has 1 aliphatic rings. The van der Waals surface area contributed by atoms with Crippen LogP contribution in [0.4, 0.5) is 11.4 Å². The molecule has 0 spiro atoms. The minimum atomic E-state index is 0.774. The normalized spacial score (nSPS) is 14.6. The van der Waals surface area contributed by atoms with Crippen LogP contribution in [-0.2, 0) is 6.42 Å². The van der Waals surface area contributed by atoms with Gasteiger partial charge in [-0.15, -0.1) is 0 Å². The van der Waals surface area contributed by atoms with Gasteiger partial charge in [-0.3, -0.25) is 0 Å². The number of ether oxygens (including phenoxy) is 2. The van der Waals surface area contributed by atoms with Gasteiger partial charge in [-0.2, -0.15) is 0 Å². The Labute approximate surface area is 144 Å². The van der Waals surface area contributed by atoms with Crippen molar-refractivity contribution in [1.29, 1.82) is 0 Å². The number of aryl methyl sites for hydroxylation is 1. The molecule has 1 saturated heterocycles. The van der Waals surface area contributed by atoms with Crippen LogP contribution in [0.2, 0.25) is 0 Å². The molecule has 0 aliphatic carbocycles. The Hall–Kier alpha value is -2.36. The Morgan fingerprint density at radius 1 is 0.750 bits per heavy atom. The standard InChI is InChI=1S/C20H26N2O2/c1-4-16-5-7-17(8-6-16)21-11-13-22(14-12-21)18-9-10-19(23-2)20(15-18)24-3/h5-10,15H,4,11-14H2,1-3H3. The van der Waals surface area contributed by atoms with Crippen LogP contribution in [0.1, 0.15) is 12.5 Å². The summed E-state index contributed by atoms with van der Waals surface area (Å²) in [5, 5.41) is 0. The number of nitrogens with zero attached hydrogens (tertiary/aromatic N) is 2. The molecule has 1 fully saturated rings. The van der Waals surface area contributed by atoms with Gasteiger partial charge in [0.2, 0.25) is 0 Å². The molecule has 128 valence electrons. The van der Waals surface area contributed by atoms with E-state index in [2.05, 4.69) is 53.1 Å². The van der Waals surface area contributed by atoms with Gasteiger partial charge in [-0.1, -0.05) is 19.1 Å². The number of methoxy groups -OCH3 is 2. The highest BCUT2D eigenvalue weighted by Crippen LogP contribution is 2.32. The van der Waals surface area contributed by atoms with Crippen LogP contribution in [0.3, 0.4) is 0 Å². The fourth-order valence-corrected chi connectivity index (χ4v) is 3.19. The maximum Gasteiger partial charge on any atom is 0.162 e. The number of hydrogen-bond donors (Lipinski definition) is 0. The molecule has 0 aromatic heterocycles. The molecule has 2 aromatic carbocycles. The first kappa shape index (κ1) is 16.5. The average molecular weight is 326 g/mol. The molecule has 0 saturated carbocycles. The van der Waals surface area contributed by atoms with Gasteiger partial charge in [0.15, 0.2) is 11.5 Å². The van der Waals surface area contributed by atoms with Crippen LogP contribution in [0, 0.1) is 0 Å². The summed E-state index contributed by atoms with van der Waals surface area (Å²) in [7, 11) is 3.35. The molecule has 24 heavy (non-hydrogen) atoms. The van der Waals surface area contributed by atoms with Gasteiger partial charge in [-0.25, -0.2) is 0 Å². The average Bonchev–Trinajstić information content (AvgIpc) is 2.67. The van der Waals surface area contributed by atoms with E-state index in [0.29, 0.717) is 0 Å². The van der Waals surface area contributed by atoms with Gasteiger partial charge in [0.05, 0.1) is 14.2 Å². The van der Waals surface area contributed by atoms with Gasteiger partial charge < -0.3 is 19.3 Å². The van der Waals surface area contributed by atoms with Gasteiger partial charge >= 0.3 is 0 Å². The van der Waals surface area contributed by atoms with E-state index in [9.17, 15) is 0 Å². The minimum Gasteiger partial charge on any atom is -0.493 e. The van der Waals surface area contributed by atoms with Crippen molar-refractivity contribution in [1.82, 2.24) is 0 Å². The van der Waals surface area contributed by atoms with E-state index < -0.39 is 0 Å². The van der Waals surface area contributed by atoms with E-state index in [4.69, 9.17) is 9.47 Å². The molecule has 0 bridgehead atoms. The highest BCUT2D eigenvalue weighted by atomic mass is 16.5. The number of hydrogen-bond acceptors (Lipinski definition) is 4. The van der Waals surface area contributed by atoms with E-state index in [1.54, 1.807) is 14.2 Å². The summed E-state index contributed by atoms with van der Waals surface area (Å²) in [5.41, 5.74) is 3.90. The maximum atomic E-state index is 5.42. The summed E-state index contributed by atoms with van der Waals surface area (Å²) >= 11 is 0. The zero-order valence-corrected chi connectivity index (χ0v) is 14.8. The van der Waals surface area contributed by atoms with E-state index in [-0.39, 0.29) is 0 Å². The second-order valence-corrected chi connectivity index (χ2v) is 6.03. The maximum absolute atomic E-state index is 5.42. The zero-order chi connectivity index (χ0) is 16.9. The van der Waals surface area contributed by atoms with Crippen molar-refractivity contribution in [3.05, 3.63) is 48.0 Å². The first-order valence-corrected chi connectivity index (χ1v) is 8.56. The van der Waals surface area contributed by atoms with Crippen LogP contribution in [0.5, 0.6) is 11.5 Å². The summed E-state index contributed by atoms with van der Waals surface area (Å²) in [5.74, 6) is 1.56. The highest BCUT2D eigenvalue weighted by Gasteiger charge is 2.18. The largest absolute Gasteiger partial charge is 0.493 e. The quantitative estimate of drug-likeness (QED) is 0.838. The molecule has 1 aliphatic heterocycles. The monoisotopic (exact) mass is 326 g/mol. The second kappa shape index (κ2) is 7.47. The first-order valence-electron chi connectivity index (χ1n) is 8.56. The highest BCUT2D eigenvalue weighted by molar-refractivity contribution is 5.58. The fraction of sp³-hybridized carbons (Fsp3) is 0.400. The first-order chi connectivity index (χ1) is 11.7. The third-order valence-corrected chi connectivity index (χ3v) is 4.72. The number of anilines is 2. The summed E-state index contributed by atoms with van der Waals surface area (Å²) in [6.07, 6.45) is 1.09. The Morgan fingerprint density at radius 3 is 1.83 bits per heavy atom. The number of benzene rings is 2. The van der Waals surface area contributed by atoms with Gasteiger partial charge in [-0.05, 0) is 36.2 Å². The third-order valence-electron chi connectivity index (χ3n) is 4.72. The molecule has 0 radical (unpaired) electrons. The lowest BCUT2D eigenvalue weighted by Crippen LogP contribution is -2.46. The van der Waals surface area contributed by atoms with Crippen molar-refractivity contribution in [2.45, 2.75) is 13.3 Å². The molecule has 2 aromatic rings. The second-order valence-electron chi connectivity index (χ2n) is 6.03. The molecule has 0 atom stereocenters. The molecule has 0 amide bonds. The lowest BCUT2D eigenvalue weighted by Gasteiger charge is -2.37. The van der Waals surface area contributed by atoms with Crippen molar-refractivity contribution in [3.8, 4) is 11.5 Å². The Bertz CT molecular complexity index is 662. The molecule has 0 N–H and O–H groups in total. The van der Waals surface area contributed by atoms with Crippen LogP contribution >= 0.6 is 0 Å². The van der Waals surface area contributed by atoms with Crippen LogP contribution in [0.25, 0.3) is 0 Å². The Morgan fingerprint density at radius 2 is 1.29 bits per heavy atom. The van der Waals surface area contributed by atoms with Crippen molar-refractivity contribution in [3.63, 3.8) is 0 Å². The van der Waals surface area contributed by atoms with Crippen molar-refractivity contribution in [2.75, 3.05) is 50.2 Å². The van der Waals surface area contributed by atoms with E-state index in [1.807, 2.05) is 6.07 Å². The van der Waals surface area contributed by atoms with Crippen molar-refractivity contribution < 1.29 is 9.47 Å². The van der Waals surface area contributed by atoms with Gasteiger partial charge in [0.1, 0.15) is 0 Å². The number of rotatable bonds is 5. The number of piperazine rings is 1. The van der Waals surface area contributed by atoms with Crippen LogP contribution < -0.4 is 19.3 Å². The third kappa shape index (κ3) is 3.42. The van der Waals surface area contributed by atoms with Crippen LogP contribution in [-0.4, -0.2) is 40.4 Å². The van der Waals surface area contributed by atoms with Gasteiger partial charge in [0.25, 0.3) is 0 Å². The van der Waals surface area contributed by atoms with E-state index in [1.165, 1.54) is 16.9 Å². The topological polar surface area (TPSA) is 24.9 Å². The molecule has 4 nitrogen and oxygen atoms in total. The molecule has 0 unspecified atom stereocenters. The molecular weight excluding hydrogens is 300 g/mol. The smallest absolute Gasteiger partial charge is 0.162 e. The minimum absolute atomic E-state index is 0.774. The predicted octanol–water partition coefficient (Wildman–Crippen LogP) is 3.59. The lowest BCUT2D eigenvalue weighted by molar-refractivity contribution is 0.355. The SMILES string of the molecule is CCc1ccc(N2CCN(c3ccc(OC)c(OC)c3)CC2)cc1. The van der Waals surface area contributed by atoms with Crippen molar-refractivity contribution in [2.24, 2.45) is 0 Å².